The van der Waals surface area contributed by atoms with E-state index in [0.29, 0.717) is 16.8 Å². The quantitative estimate of drug-likeness (QED) is 0.495. The third kappa shape index (κ3) is 3.90. The van der Waals surface area contributed by atoms with Crippen LogP contribution in [0.15, 0.2) is 53.9 Å². The van der Waals surface area contributed by atoms with E-state index in [2.05, 4.69) is 10.3 Å². The van der Waals surface area contributed by atoms with Gasteiger partial charge < -0.3 is 5.32 Å². The van der Waals surface area contributed by atoms with Crippen molar-refractivity contribution in [3.63, 3.8) is 0 Å². The molecule has 3 rings (SSSR count). The lowest BCUT2D eigenvalue weighted by Gasteiger charge is -2.07. The summed E-state index contributed by atoms with van der Waals surface area (Å²) in [4.78, 5) is 28.0. The Morgan fingerprint density at radius 3 is 2.12 bits per heavy atom. The first-order chi connectivity index (χ1) is 12.1. The van der Waals surface area contributed by atoms with E-state index in [1.165, 1.54) is 12.1 Å². The van der Waals surface area contributed by atoms with E-state index in [1.54, 1.807) is 41.1 Å². The molecule has 1 aromatic heterocycles. The number of carbonyl (C=O) groups is 2. The Hall–Kier alpha value is -3.03. The Bertz CT molecular complexity index is 902. The fourth-order valence-electron chi connectivity index (χ4n) is 2.26. The van der Waals surface area contributed by atoms with E-state index < -0.39 is 5.91 Å². The summed E-state index contributed by atoms with van der Waals surface area (Å²) in [6.07, 6.45) is 0. The Morgan fingerprint density at radius 1 is 0.960 bits per heavy atom. The molecule has 0 fully saturated rings. The molecule has 0 bridgehead atoms. The molecule has 3 N–H and O–H groups in total. The molecule has 3 aromatic rings. The Kier molecular flexibility index (Phi) is 4.87. The van der Waals surface area contributed by atoms with Crippen molar-refractivity contribution in [1.82, 2.24) is 10.5 Å². The van der Waals surface area contributed by atoms with E-state index in [0.717, 1.165) is 16.3 Å². The zero-order valence-corrected chi connectivity index (χ0v) is 14.1. The minimum Gasteiger partial charge on any atom is -0.322 e. The molecule has 7 heteroatoms. The predicted octanol–water partition coefficient (Wildman–Crippen LogP) is 3.49. The first-order valence-corrected chi connectivity index (χ1v) is 8.33. The summed E-state index contributed by atoms with van der Waals surface area (Å²) < 4.78 is 0. The van der Waals surface area contributed by atoms with Crippen LogP contribution < -0.4 is 10.8 Å². The molecule has 0 saturated carbocycles. The second-order valence-electron chi connectivity index (χ2n) is 5.30. The SMILES string of the molecule is Cc1nc(-c2ccc(C(=O)Nc3ccc(C(=O)NO)cc3)cc2)cs1. The van der Waals surface area contributed by atoms with Crippen molar-refractivity contribution < 1.29 is 14.8 Å². The highest BCUT2D eigenvalue weighted by Gasteiger charge is 2.09. The van der Waals surface area contributed by atoms with Gasteiger partial charge in [-0.25, -0.2) is 10.5 Å². The van der Waals surface area contributed by atoms with Crippen molar-refractivity contribution in [2.24, 2.45) is 0 Å². The fraction of sp³-hybridized carbons (Fsp3) is 0.0556. The van der Waals surface area contributed by atoms with Gasteiger partial charge in [-0.15, -0.1) is 11.3 Å². The summed E-state index contributed by atoms with van der Waals surface area (Å²) >= 11 is 1.58. The largest absolute Gasteiger partial charge is 0.322 e. The van der Waals surface area contributed by atoms with Gasteiger partial charge in [0.1, 0.15) is 0 Å². The Labute approximate surface area is 148 Å². The van der Waals surface area contributed by atoms with E-state index >= 15 is 0 Å². The van der Waals surface area contributed by atoms with Crippen molar-refractivity contribution in [2.75, 3.05) is 5.32 Å². The maximum absolute atomic E-state index is 12.3. The second-order valence-corrected chi connectivity index (χ2v) is 6.36. The van der Waals surface area contributed by atoms with Gasteiger partial charge >= 0.3 is 0 Å². The number of carbonyl (C=O) groups excluding carboxylic acids is 2. The van der Waals surface area contributed by atoms with Gasteiger partial charge in [0, 0.05) is 27.8 Å². The van der Waals surface area contributed by atoms with E-state index in [-0.39, 0.29) is 5.91 Å². The molecular weight excluding hydrogens is 338 g/mol. The van der Waals surface area contributed by atoms with Crippen LogP contribution >= 0.6 is 11.3 Å². The van der Waals surface area contributed by atoms with E-state index in [4.69, 9.17) is 5.21 Å². The molecule has 0 aliphatic carbocycles. The average Bonchev–Trinajstić information content (AvgIpc) is 3.08. The zero-order chi connectivity index (χ0) is 17.8. The molecule has 0 aliphatic heterocycles. The Morgan fingerprint density at radius 2 is 1.56 bits per heavy atom. The lowest BCUT2D eigenvalue weighted by molar-refractivity contribution is 0.0706. The van der Waals surface area contributed by atoms with Crippen LogP contribution in [0, 0.1) is 6.92 Å². The summed E-state index contributed by atoms with van der Waals surface area (Å²) in [5.41, 5.74) is 4.78. The van der Waals surface area contributed by atoms with Crippen molar-refractivity contribution >= 4 is 28.8 Å². The van der Waals surface area contributed by atoms with Crippen molar-refractivity contribution in [3.05, 3.63) is 70.0 Å². The maximum atomic E-state index is 12.3. The molecule has 0 atom stereocenters. The molecule has 0 spiro atoms. The molecule has 2 aromatic carbocycles. The third-order valence-corrected chi connectivity index (χ3v) is 4.34. The van der Waals surface area contributed by atoms with Gasteiger partial charge in [0.15, 0.2) is 0 Å². The summed E-state index contributed by atoms with van der Waals surface area (Å²) in [5, 5.41) is 14.3. The lowest BCUT2D eigenvalue weighted by atomic mass is 10.1. The van der Waals surface area contributed by atoms with Crippen LogP contribution in [0.3, 0.4) is 0 Å². The molecular formula is C18H15N3O3S. The number of nitrogens with zero attached hydrogens (tertiary/aromatic N) is 1. The van der Waals surface area contributed by atoms with Crippen molar-refractivity contribution in [3.8, 4) is 11.3 Å². The summed E-state index contributed by atoms with van der Waals surface area (Å²) in [7, 11) is 0. The smallest absolute Gasteiger partial charge is 0.274 e. The van der Waals surface area contributed by atoms with Crippen LogP contribution in [-0.2, 0) is 0 Å². The van der Waals surface area contributed by atoms with Crippen LogP contribution in [0.4, 0.5) is 5.69 Å². The molecule has 0 radical (unpaired) electrons. The number of aromatic nitrogens is 1. The van der Waals surface area contributed by atoms with Gasteiger partial charge in [-0.3, -0.25) is 14.8 Å². The minimum absolute atomic E-state index is 0.250. The number of hydrogen-bond donors (Lipinski definition) is 3. The first-order valence-electron chi connectivity index (χ1n) is 7.45. The van der Waals surface area contributed by atoms with Gasteiger partial charge in [-0.05, 0) is 43.3 Å². The molecule has 0 aliphatic rings. The zero-order valence-electron chi connectivity index (χ0n) is 13.3. The predicted molar refractivity (Wildman–Crippen MR) is 95.9 cm³/mol. The fourth-order valence-corrected chi connectivity index (χ4v) is 2.88. The van der Waals surface area contributed by atoms with Gasteiger partial charge in [0.25, 0.3) is 11.8 Å². The molecule has 126 valence electrons. The van der Waals surface area contributed by atoms with Gasteiger partial charge in [-0.2, -0.15) is 0 Å². The third-order valence-electron chi connectivity index (χ3n) is 3.57. The molecule has 6 nitrogen and oxygen atoms in total. The average molecular weight is 353 g/mol. The van der Waals surface area contributed by atoms with Crippen LogP contribution in [0.1, 0.15) is 25.7 Å². The summed E-state index contributed by atoms with van der Waals surface area (Å²) in [6.45, 7) is 1.95. The number of rotatable bonds is 4. The molecule has 0 saturated heterocycles. The van der Waals surface area contributed by atoms with Crippen LogP contribution in [0.2, 0.25) is 0 Å². The minimum atomic E-state index is -0.606. The first kappa shape index (κ1) is 16.8. The van der Waals surface area contributed by atoms with Crippen molar-refractivity contribution in [1.29, 1.82) is 0 Å². The van der Waals surface area contributed by atoms with E-state index in [9.17, 15) is 9.59 Å². The van der Waals surface area contributed by atoms with Gasteiger partial charge in [-0.1, -0.05) is 12.1 Å². The topological polar surface area (TPSA) is 91.3 Å². The number of thiazole rings is 1. The highest BCUT2D eigenvalue weighted by molar-refractivity contribution is 7.09. The highest BCUT2D eigenvalue weighted by atomic mass is 32.1. The summed E-state index contributed by atoms with van der Waals surface area (Å²) in [6, 6.07) is 13.4. The van der Waals surface area contributed by atoms with E-state index in [1.807, 2.05) is 24.4 Å². The molecule has 2 amide bonds. The van der Waals surface area contributed by atoms with Crippen LogP contribution in [-0.4, -0.2) is 22.0 Å². The number of hydrogen-bond acceptors (Lipinski definition) is 5. The monoisotopic (exact) mass is 353 g/mol. The number of nitrogens with one attached hydrogen (secondary N) is 2. The van der Waals surface area contributed by atoms with Gasteiger partial charge in [0.2, 0.25) is 0 Å². The maximum Gasteiger partial charge on any atom is 0.274 e. The molecule has 0 unspecified atom stereocenters. The van der Waals surface area contributed by atoms with Crippen LogP contribution in [0.5, 0.6) is 0 Å². The number of hydroxylamine groups is 1. The standard InChI is InChI=1S/C18H15N3O3S/c1-11-19-16(10-25-11)12-2-4-13(5-3-12)17(22)20-15-8-6-14(7-9-15)18(23)21-24/h2-10,24H,1H3,(H,20,22)(H,21,23). The molecule has 1 heterocycles. The van der Waals surface area contributed by atoms with Crippen LogP contribution in [0.25, 0.3) is 11.3 Å². The van der Waals surface area contributed by atoms with Gasteiger partial charge in [0.05, 0.1) is 10.7 Å². The highest BCUT2D eigenvalue weighted by Crippen LogP contribution is 2.22. The number of anilines is 1. The lowest BCUT2D eigenvalue weighted by Crippen LogP contribution is -2.18. The number of benzene rings is 2. The van der Waals surface area contributed by atoms with Crippen molar-refractivity contribution in [2.45, 2.75) is 6.92 Å². The Balaban J connectivity index is 1.70. The summed E-state index contributed by atoms with van der Waals surface area (Å²) in [5.74, 6) is -0.855. The normalized spacial score (nSPS) is 10.3. The molecule has 25 heavy (non-hydrogen) atoms. The number of amides is 2. The number of aryl methyl sites for hydroxylation is 1. The second kappa shape index (κ2) is 7.25.